The normalized spacial score (nSPS) is 17.5. The number of nitrogens with zero attached hydrogens (tertiary/aromatic N) is 3. The van der Waals surface area contributed by atoms with Gasteiger partial charge in [-0.2, -0.15) is 5.10 Å². The molecule has 2 heterocycles. The molecule has 0 spiro atoms. The Morgan fingerprint density at radius 1 is 1.37 bits per heavy atom. The summed E-state index contributed by atoms with van der Waals surface area (Å²) in [6, 6.07) is 10.4. The van der Waals surface area contributed by atoms with Crippen LogP contribution in [0.3, 0.4) is 0 Å². The zero-order valence-corrected chi connectivity index (χ0v) is 18.6. The van der Waals surface area contributed by atoms with Gasteiger partial charge in [-0.05, 0) is 25.0 Å². The van der Waals surface area contributed by atoms with Crippen LogP contribution in [0, 0.1) is 6.92 Å². The number of hydrogen-bond acceptors (Lipinski definition) is 4. The predicted octanol–water partition coefficient (Wildman–Crippen LogP) is 3.68. The molecule has 1 atom stereocenters. The Hall–Kier alpha value is -2.15. The summed E-state index contributed by atoms with van der Waals surface area (Å²) in [7, 11) is 0. The molecule has 6 nitrogen and oxygen atoms in total. The largest absolute Gasteiger partial charge is 0.374 e. The first-order valence-corrected chi connectivity index (χ1v) is 11.0. The number of hydrogen-bond donors (Lipinski definition) is 1. The minimum absolute atomic E-state index is 0.0121. The minimum Gasteiger partial charge on any atom is -0.374 e. The molecule has 1 fully saturated rings. The topological polar surface area (TPSA) is 59.4 Å². The maximum Gasteiger partial charge on any atom is 0.244 e. The van der Waals surface area contributed by atoms with E-state index in [1.807, 2.05) is 13.0 Å². The summed E-state index contributed by atoms with van der Waals surface area (Å²) in [6.45, 7) is 8.58. The highest BCUT2D eigenvalue weighted by molar-refractivity contribution is 6.31. The number of amides is 1. The van der Waals surface area contributed by atoms with E-state index in [0.717, 1.165) is 50.3 Å². The van der Waals surface area contributed by atoms with Gasteiger partial charge < -0.3 is 10.1 Å². The highest BCUT2D eigenvalue weighted by atomic mass is 35.5. The highest BCUT2D eigenvalue weighted by Gasteiger charge is 2.20. The first kappa shape index (κ1) is 22.5. The van der Waals surface area contributed by atoms with Crippen molar-refractivity contribution in [2.75, 3.05) is 26.2 Å². The molecule has 1 amide bonds. The zero-order chi connectivity index (χ0) is 21.3. The van der Waals surface area contributed by atoms with Crippen LogP contribution in [0.1, 0.15) is 36.6 Å². The van der Waals surface area contributed by atoms with Crippen molar-refractivity contribution in [1.82, 2.24) is 20.0 Å². The summed E-state index contributed by atoms with van der Waals surface area (Å²) in [6.07, 6.45) is 5.35. The van der Waals surface area contributed by atoms with E-state index in [-0.39, 0.29) is 12.0 Å². The zero-order valence-electron chi connectivity index (χ0n) is 17.8. The molecule has 1 aliphatic heterocycles. The Morgan fingerprint density at radius 3 is 2.93 bits per heavy atom. The second-order valence-electron chi connectivity index (χ2n) is 7.66. The van der Waals surface area contributed by atoms with Crippen LogP contribution in [0.25, 0.3) is 6.08 Å². The summed E-state index contributed by atoms with van der Waals surface area (Å²) in [5.74, 6) is -0.157. The lowest BCUT2D eigenvalue weighted by molar-refractivity contribution is -0.117. The van der Waals surface area contributed by atoms with E-state index in [0.29, 0.717) is 18.3 Å². The van der Waals surface area contributed by atoms with E-state index >= 15 is 0 Å². The molecule has 3 rings (SSSR count). The Balaban J connectivity index is 1.48. The number of carbonyl (C=O) groups excluding carboxylic acids is 1. The molecule has 2 aromatic rings. The molecule has 30 heavy (non-hydrogen) atoms. The van der Waals surface area contributed by atoms with E-state index in [1.165, 1.54) is 11.6 Å². The fraction of sp³-hybridized carbons (Fsp3) is 0.478. The lowest BCUT2D eigenvalue weighted by atomic mass is 10.2. The molecule has 1 aromatic heterocycles. The fourth-order valence-electron chi connectivity index (χ4n) is 3.53. The van der Waals surface area contributed by atoms with Crippen molar-refractivity contribution in [3.05, 3.63) is 58.4 Å². The van der Waals surface area contributed by atoms with Crippen LogP contribution < -0.4 is 5.32 Å². The maximum atomic E-state index is 12.3. The van der Waals surface area contributed by atoms with Crippen molar-refractivity contribution in [1.29, 1.82) is 0 Å². The number of ether oxygens (including phenoxy) is 1. The molecule has 1 saturated heterocycles. The lowest BCUT2D eigenvalue weighted by Gasteiger charge is -2.33. The van der Waals surface area contributed by atoms with E-state index in [9.17, 15) is 4.79 Å². The number of unbranched alkanes of at least 4 members (excludes halogenated alkanes) is 1. The number of halogens is 1. The minimum atomic E-state index is -0.157. The third-order valence-electron chi connectivity index (χ3n) is 5.21. The fourth-order valence-corrected chi connectivity index (χ4v) is 3.86. The highest BCUT2D eigenvalue weighted by Crippen LogP contribution is 2.21. The lowest BCUT2D eigenvalue weighted by Crippen LogP contribution is -2.46. The van der Waals surface area contributed by atoms with Crippen LogP contribution in [0.5, 0.6) is 0 Å². The van der Waals surface area contributed by atoms with Gasteiger partial charge in [-0.3, -0.25) is 14.4 Å². The Bertz CT molecular complexity index is 850. The number of benzene rings is 1. The van der Waals surface area contributed by atoms with Crippen molar-refractivity contribution in [3.63, 3.8) is 0 Å². The third-order valence-corrected chi connectivity index (χ3v) is 5.61. The van der Waals surface area contributed by atoms with Crippen molar-refractivity contribution >= 4 is 23.6 Å². The number of aryl methyl sites for hydroxylation is 2. The van der Waals surface area contributed by atoms with Crippen LogP contribution >= 0.6 is 11.6 Å². The van der Waals surface area contributed by atoms with Crippen LogP contribution in [0.2, 0.25) is 5.15 Å². The number of nitrogens with one attached hydrogen (secondary N) is 1. The third kappa shape index (κ3) is 6.42. The first-order chi connectivity index (χ1) is 14.6. The van der Waals surface area contributed by atoms with Crippen molar-refractivity contribution in [2.45, 2.75) is 45.9 Å². The molecular formula is C23H31ClN4O2. The van der Waals surface area contributed by atoms with Crippen LogP contribution in [0.4, 0.5) is 0 Å². The smallest absolute Gasteiger partial charge is 0.244 e. The standard InChI is InChI=1S/C23H31ClN4O2/c1-3-4-12-28-23(24)21(18(2)26-28)10-11-22(29)25-15-20-17-27(13-14-30-20)16-19-8-6-5-7-9-19/h5-11,20H,3-4,12-17H2,1-2H3,(H,25,29). The van der Waals surface area contributed by atoms with Gasteiger partial charge in [0.2, 0.25) is 5.91 Å². The molecule has 0 saturated carbocycles. The molecule has 0 bridgehead atoms. The molecule has 1 aliphatic rings. The molecule has 0 radical (unpaired) electrons. The monoisotopic (exact) mass is 430 g/mol. The van der Waals surface area contributed by atoms with E-state index in [4.69, 9.17) is 16.3 Å². The number of aromatic nitrogens is 2. The van der Waals surface area contributed by atoms with Gasteiger partial charge in [-0.25, -0.2) is 0 Å². The predicted molar refractivity (Wildman–Crippen MR) is 120 cm³/mol. The van der Waals surface area contributed by atoms with Crippen LogP contribution in [-0.2, 0) is 22.6 Å². The maximum absolute atomic E-state index is 12.3. The van der Waals surface area contributed by atoms with Gasteiger partial charge in [0, 0.05) is 44.4 Å². The van der Waals surface area contributed by atoms with Crippen LogP contribution in [-0.4, -0.2) is 52.9 Å². The Labute approximate surface area is 183 Å². The molecule has 162 valence electrons. The number of morpholine rings is 1. The molecule has 7 heteroatoms. The van der Waals surface area contributed by atoms with Crippen molar-refractivity contribution < 1.29 is 9.53 Å². The Kier molecular flexibility index (Phi) is 8.49. The summed E-state index contributed by atoms with van der Waals surface area (Å²) >= 11 is 6.42. The van der Waals surface area contributed by atoms with Gasteiger partial charge in [-0.1, -0.05) is 55.3 Å². The first-order valence-electron chi connectivity index (χ1n) is 10.6. The number of rotatable bonds is 9. The van der Waals surface area contributed by atoms with E-state index in [1.54, 1.807) is 10.8 Å². The van der Waals surface area contributed by atoms with Gasteiger partial charge in [0.1, 0.15) is 5.15 Å². The van der Waals surface area contributed by atoms with Crippen LogP contribution in [0.15, 0.2) is 36.4 Å². The number of carbonyl (C=O) groups is 1. The molecule has 1 N–H and O–H groups in total. The second kappa shape index (κ2) is 11.3. The molecule has 1 unspecified atom stereocenters. The SMILES string of the molecule is CCCCn1nc(C)c(C=CC(=O)NCC2CN(Cc3ccccc3)CCO2)c1Cl. The van der Waals surface area contributed by atoms with Gasteiger partial charge >= 0.3 is 0 Å². The molecule has 1 aromatic carbocycles. The summed E-state index contributed by atoms with van der Waals surface area (Å²) in [5, 5.41) is 7.98. The average Bonchev–Trinajstić information content (AvgIpc) is 3.03. The van der Waals surface area contributed by atoms with E-state index in [2.05, 4.69) is 46.5 Å². The van der Waals surface area contributed by atoms with Gasteiger partial charge in [0.15, 0.2) is 0 Å². The van der Waals surface area contributed by atoms with Crippen molar-refractivity contribution in [2.24, 2.45) is 0 Å². The summed E-state index contributed by atoms with van der Waals surface area (Å²) < 4.78 is 7.62. The van der Waals surface area contributed by atoms with Crippen molar-refractivity contribution in [3.8, 4) is 0 Å². The summed E-state index contributed by atoms with van der Waals surface area (Å²) in [5.41, 5.74) is 2.91. The second-order valence-corrected chi connectivity index (χ2v) is 8.02. The quantitative estimate of drug-likeness (QED) is 0.616. The van der Waals surface area contributed by atoms with Gasteiger partial charge in [-0.15, -0.1) is 0 Å². The Morgan fingerprint density at radius 2 is 2.17 bits per heavy atom. The molecular weight excluding hydrogens is 400 g/mol. The van der Waals surface area contributed by atoms with Gasteiger partial charge in [0.25, 0.3) is 0 Å². The summed E-state index contributed by atoms with van der Waals surface area (Å²) in [4.78, 5) is 14.7. The average molecular weight is 431 g/mol. The molecule has 0 aliphatic carbocycles. The van der Waals surface area contributed by atoms with Gasteiger partial charge in [0.05, 0.1) is 18.4 Å². The van der Waals surface area contributed by atoms with E-state index < -0.39 is 0 Å².